The zero-order chi connectivity index (χ0) is 12.3. The van der Waals surface area contributed by atoms with E-state index in [2.05, 4.69) is 60.8 Å². The molecule has 0 spiro atoms. The van der Waals surface area contributed by atoms with Gasteiger partial charge in [0.2, 0.25) is 0 Å². The Kier molecular flexibility index (Phi) is 3.64. The van der Waals surface area contributed by atoms with Crippen molar-refractivity contribution in [1.82, 2.24) is 9.88 Å². The fourth-order valence-electron chi connectivity index (χ4n) is 1.98. The molecular formula is C15H20N2. The molecule has 2 aromatic rings. The molecule has 1 heterocycles. The van der Waals surface area contributed by atoms with Crippen LogP contribution in [0.4, 0.5) is 0 Å². The van der Waals surface area contributed by atoms with Gasteiger partial charge >= 0.3 is 0 Å². The molecule has 17 heavy (non-hydrogen) atoms. The Morgan fingerprint density at radius 3 is 2.88 bits per heavy atom. The Hall–Kier alpha value is -1.54. The number of hydrogen-bond donors (Lipinski definition) is 1. The van der Waals surface area contributed by atoms with Crippen LogP contribution >= 0.6 is 0 Å². The van der Waals surface area contributed by atoms with Gasteiger partial charge in [0.25, 0.3) is 0 Å². The minimum atomic E-state index is 0.524. The van der Waals surface area contributed by atoms with Crippen LogP contribution in [-0.4, -0.2) is 10.6 Å². The van der Waals surface area contributed by atoms with Crippen molar-refractivity contribution >= 4 is 10.9 Å². The van der Waals surface area contributed by atoms with E-state index in [0.717, 1.165) is 13.1 Å². The summed E-state index contributed by atoms with van der Waals surface area (Å²) in [6, 6.07) is 9.33. The van der Waals surface area contributed by atoms with Crippen LogP contribution in [0, 0.1) is 0 Å². The highest BCUT2D eigenvalue weighted by Crippen LogP contribution is 2.17. The van der Waals surface area contributed by atoms with Gasteiger partial charge in [-0.2, -0.15) is 0 Å². The Labute approximate surface area is 103 Å². The molecule has 0 amide bonds. The van der Waals surface area contributed by atoms with E-state index in [4.69, 9.17) is 0 Å². The molecule has 0 radical (unpaired) electrons. The second kappa shape index (κ2) is 5.19. The zero-order valence-corrected chi connectivity index (χ0v) is 10.6. The first-order valence-corrected chi connectivity index (χ1v) is 6.13. The second-order valence-electron chi connectivity index (χ2n) is 4.69. The minimum absolute atomic E-state index is 0.524. The maximum atomic E-state index is 3.78. The molecule has 2 heteroatoms. The third-order valence-corrected chi connectivity index (χ3v) is 2.88. The topological polar surface area (TPSA) is 17.0 Å². The zero-order valence-electron chi connectivity index (χ0n) is 10.6. The van der Waals surface area contributed by atoms with Crippen molar-refractivity contribution in [1.29, 1.82) is 0 Å². The lowest BCUT2D eigenvalue weighted by atomic mass is 10.1. The van der Waals surface area contributed by atoms with E-state index in [1.54, 1.807) is 0 Å². The largest absolute Gasteiger partial charge is 0.344 e. The van der Waals surface area contributed by atoms with Gasteiger partial charge in [0.1, 0.15) is 0 Å². The molecule has 0 fully saturated rings. The van der Waals surface area contributed by atoms with E-state index in [9.17, 15) is 0 Å². The maximum Gasteiger partial charge on any atom is 0.0483 e. The molecule has 1 aromatic carbocycles. The standard InChI is InChI=1S/C15H20N2/c1-4-8-17-9-7-14-10-13(5-6-15(14)17)11-16-12(2)3/h4-7,9-10,12,16H,1,8,11H2,2-3H3. The van der Waals surface area contributed by atoms with E-state index in [1.165, 1.54) is 16.5 Å². The number of nitrogens with zero attached hydrogens (tertiary/aromatic N) is 1. The van der Waals surface area contributed by atoms with Crippen LogP contribution in [0.25, 0.3) is 10.9 Å². The molecule has 0 unspecified atom stereocenters. The fourth-order valence-corrected chi connectivity index (χ4v) is 1.98. The van der Waals surface area contributed by atoms with Gasteiger partial charge in [-0.15, -0.1) is 6.58 Å². The normalized spacial score (nSPS) is 11.2. The van der Waals surface area contributed by atoms with Crippen molar-refractivity contribution in [2.24, 2.45) is 0 Å². The molecule has 0 bridgehead atoms. The van der Waals surface area contributed by atoms with Crippen molar-refractivity contribution in [3.8, 4) is 0 Å². The van der Waals surface area contributed by atoms with Crippen molar-refractivity contribution in [2.75, 3.05) is 0 Å². The number of hydrogen-bond acceptors (Lipinski definition) is 1. The molecule has 1 aromatic heterocycles. The van der Waals surface area contributed by atoms with Gasteiger partial charge in [-0.25, -0.2) is 0 Å². The molecule has 0 atom stereocenters. The Bertz CT molecular complexity index is 509. The lowest BCUT2D eigenvalue weighted by Crippen LogP contribution is -2.21. The molecule has 0 aliphatic carbocycles. The molecule has 1 N–H and O–H groups in total. The summed E-state index contributed by atoms with van der Waals surface area (Å²) in [5.74, 6) is 0. The summed E-state index contributed by atoms with van der Waals surface area (Å²) in [6.45, 7) is 9.91. The third kappa shape index (κ3) is 2.77. The number of aromatic nitrogens is 1. The van der Waals surface area contributed by atoms with E-state index in [1.807, 2.05) is 6.08 Å². The smallest absolute Gasteiger partial charge is 0.0483 e. The predicted molar refractivity (Wildman–Crippen MR) is 74.1 cm³/mol. The van der Waals surface area contributed by atoms with E-state index in [0.29, 0.717) is 6.04 Å². The Balaban J connectivity index is 2.23. The van der Waals surface area contributed by atoms with Crippen molar-refractivity contribution in [3.05, 3.63) is 48.7 Å². The van der Waals surface area contributed by atoms with Crippen LogP contribution in [0.2, 0.25) is 0 Å². The second-order valence-corrected chi connectivity index (χ2v) is 4.69. The average molecular weight is 228 g/mol. The molecule has 0 saturated heterocycles. The summed E-state index contributed by atoms with van der Waals surface area (Å²) in [5, 5.41) is 4.74. The van der Waals surface area contributed by atoms with Crippen molar-refractivity contribution < 1.29 is 0 Å². The van der Waals surface area contributed by atoms with Gasteiger partial charge in [0.15, 0.2) is 0 Å². The molecule has 0 aliphatic heterocycles. The van der Waals surface area contributed by atoms with Gasteiger partial charge in [0, 0.05) is 30.8 Å². The fraction of sp³-hybridized carbons (Fsp3) is 0.333. The van der Waals surface area contributed by atoms with Crippen LogP contribution in [0.5, 0.6) is 0 Å². The number of fused-ring (bicyclic) bond motifs is 1. The first kappa shape index (κ1) is 11.9. The Morgan fingerprint density at radius 2 is 2.18 bits per heavy atom. The van der Waals surface area contributed by atoms with Gasteiger partial charge in [0.05, 0.1) is 0 Å². The first-order valence-electron chi connectivity index (χ1n) is 6.13. The quantitative estimate of drug-likeness (QED) is 0.777. The molecular weight excluding hydrogens is 208 g/mol. The van der Waals surface area contributed by atoms with E-state index >= 15 is 0 Å². The Morgan fingerprint density at radius 1 is 1.35 bits per heavy atom. The highest BCUT2D eigenvalue weighted by atomic mass is 14.9. The molecule has 90 valence electrons. The van der Waals surface area contributed by atoms with E-state index < -0.39 is 0 Å². The molecule has 2 rings (SSSR count). The van der Waals surface area contributed by atoms with Crippen LogP contribution in [0.1, 0.15) is 19.4 Å². The number of allylic oxidation sites excluding steroid dienone is 1. The van der Waals surface area contributed by atoms with E-state index in [-0.39, 0.29) is 0 Å². The number of benzene rings is 1. The number of nitrogens with one attached hydrogen (secondary N) is 1. The summed E-state index contributed by atoms with van der Waals surface area (Å²) >= 11 is 0. The lowest BCUT2D eigenvalue weighted by molar-refractivity contribution is 0.589. The third-order valence-electron chi connectivity index (χ3n) is 2.88. The summed E-state index contributed by atoms with van der Waals surface area (Å²) in [7, 11) is 0. The van der Waals surface area contributed by atoms with Crippen molar-refractivity contribution in [3.63, 3.8) is 0 Å². The molecule has 0 aliphatic rings. The van der Waals surface area contributed by atoms with Crippen LogP contribution in [-0.2, 0) is 13.1 Å². The van der Waals surface area contributed by atoms with Gasteiger partial charge < -0.3 is 9.88 Å². The summed E-state index contributed by atoms with van der Waals surface area (Å²) in [6.07, 6.45) is 4.04. The number of rotatable bonds is 5. The van der Waals surface area contributed by atoms with Crippen LogP contribution < -0.4 is 5.32 Å². The predicted octanol–water partition coefficient (Wildman–Crippen LogP) is 3.33. The average Bonchev–Trinajstić information content (AvgIpc) is 2.70. The highest BCUT2D eigenvalue weighted by molar-refractivity contribution is 5.80. The molecule has 0 saturated carbocycles. The maximum absolute atomic E-state index is 3.78. The SMILES string of the molecule is C=CCn1ccc2cc(CNC(C)C)ccc21. The molecule has 2 nitrogen and oxygen atoms in total. The highest BCUT2D eigenvalue weighted by Gasteiger charge is 2.01. The van der Waals surface area contributed by atoms with Crippen LogP contribution in [0.15, 0.2) is 43.1 Å². The van der Waals surface area contributed by atoms with Crippen LogP contribution in [0.3, 0.4) is 0 Å². The lowest BCUT2D eigenvalue weighted by Gasteiger charge is -2.08. The summed E-state index contributed by atoms with van der Waals surface area (Å²) in [5.41, 5.74) is 2.61. The van der Waals surface area contributed by atoms with Gasteiger partial charge in [-0.05, 0) is 29.1 Å². The minimum Gasteiger partial charge on any atom is -0.344 e. The summed E-state index contributed by atoms with van der Waals surface area (Å²) in [4.78, 5) is 0. The van der Waals surface area contributed by atoms with Crippen molar-refractivity contribution in [2.45, 2.75) is 33.0 Å². The first-order chi connectivity index (χ1) is 8.20. The summed E-state index contributed by atoms with van der Waals surface area (Å²) < 4.78 is 2.21. The van der Waals surface area contributed by atoms with Gasteiger partial charge in [-0.1, -0.05) is 26.0 Å². The van der Waals surface area contributed by atoms with Gasteiger partial charge in [-0.3, -0.25) is 0 Å². The monoisotopic (exact) mass is 228 g/mol.